The Hall–Kier alpha value is -2.76. The summed E-state index contributed by atoms with van der Waals surface area (Å²) >= 11 is 0. The van der Waals surface area contributed by atoms with E-state index in [1.54, 1.807) is 12.1 Å². The molecule has 1 heterocycles. The fourth-order valence-corrected chi connectivity index (χ4v) is 2.16. The van der Waals surface area contributed by atoms with Crippen LogP contribution in [0.5, 0.6) is 11.5 Å². The number of nitrogens with zero attached hydrogens (tertiary/aromatic N) is 1. The van der Waals surface area contributed by atoms with Crippen LogP contribution in [0.25, 0.3) is 0 Å². The van der Waals surface area contributed by atoms with E-state index in [2.05, 4.69) is 5.32 Å². The molecule has 0 fully saturated rings. The molecule has 108 valence electrons. The monoisotopic (exact) mass is 286 g/mol. The quantitative estimate of drug-likeness (QED) is 0.690. The van der Waals surface area contributed by atoms with E-state index >= 15 is 0 Å². The van der Waals surface area contributed by atoms with E-state index < -0.39 is 4.92 Å². The van der Waals surface area contributed by atoms with Gasteiger partial charge in [0.2, 0.25) is 6.79 Å². The highest BCUT2D eigenvalue weighted by atomic mass is 16.7. The Kier molecular flexibility index (Phi) is 3.35. The van der Waals surface area contributed by atoms with Crippen LogP contribution >= 0.6 is 0 Å². The third kappa shape index (κ3) is 2.74. The van der Waals surface area contributed by atoms with Gasteiger partial charge in [-0.3, -0.25) is 10.1 Å². The predicted octanol–water partition coefficient (Wildman–Crippen LogP) is 3.24. The van der Waals surface area contributed by atoms with Gasteiger partial charge in [0.1, 0.15) is 0 Å². The van der Waals surface area contributed by atoms with Crippen LogP contribution in [-0.4, -0.2) is 11.7 Å². The fourth-order valence-electron chi connectivity index (χ4n) is 2.16. The first-order chi connectivity index (χ1) is 10.1. The molecule has 0 unspecified atom stereocenters. The first-order valence-corrected chi connectivity index (χ1v) is 6.51. The number of anilines is 1. The highest BCUT2D eigenvalue weighted by molar-refractivity contribution is 5.57. The summed E-state index contributed by atoms with van der Waals surface area (Å²) in [6.07, 6.45) is 0. The van der Waals surface area contributed by atoms with Gasteiger partial charge in [0, 0.05) is 24.4 Å². The second-order valence-electron chi connectivity index (χ2n) is 4.80. The molecule has 6 nitrogen and oxygen atoms in total. The summed E-state index contributed by atoms with van der Waals surface area (Å²) in [5, 5.41) is 14.0. The molecule has 0 aromatic heterocycles. The zero-order chi connectivity index (χ0) is 14.8. The molecule has 1 N–H and O–H groups in total. The summed E-state index contributed by atoms with van der Waals surface area (Å²) in [5.74, 6) is 1.47. The summed E-state index contributed by atoms with van der Waals surface area (Å²) in [4.78, 5) is 10.4. The van der Waals surface area contributed by atoms with Crippen LogP contribution in [0, 0.1) is 17.0 Å². The molecule has 6 heteroatoms. The SMILES string of the molecule is Cc1ccc([N+](=O)[O-])cc1NCc1ccc2c(c1)OCO2. The molecule has 0 saturated carbocycles. The number of nitrogens with one attached hydrogen (secondary N) is 1. The minimum Gasteiger partial charge on any atom is -0.454 e. The number of hydrogen-bond donors (Lipinski definition) is 1. The zero-order valence-electron chi connectivity index (χ0n) is 11.5. The van der Waals surface area contributed by atoms with Crippen LogP contribution in [-0.2, 0) is 6.54 Å². The van der Waals surface area contributed by atoms with Crippen molar-refractivity contribution in [3.8, 4) is 11.5 Å². The van der Waals surface area contributed by atoms with Crippen LogP contribution in [0.3, 0.4) is 0 Å². The van der Waals surface area contributed by atoms with Crippen LogP contribution in [0.15, 0.2) is 36.4 Å². The van der Waals surface area contributed by atoms with Crippen molar-refractivity contribution in [2.75, 3.05) is 12.1 Å². The van der Waals surface area contributed by atoms with Crippen molar-refractivity contribution in [1.29, 1.82) is 0 Å². The van der Waals surface area contributed by atoms with Crippen LogP contribution < -0.4 is 14.8 Å². The van der Waals surface area contributed by atoms with Crippen LogP contribution in [0.4, 0.5) is 11.4 Å². The summed E-state index contributed by atoms with van der Waals surface area (Å²) in [6.45, 7) is 2.71. The highest BCUT2D eigenvalue weighted by Crippen LogP contribution is 2.32. The number of nitro benzene ring substituents is 1. The Morgan fingerprint density at radius 2 is 2.00 bits per heavy atom. The average molecular weight is 286 g/mol. The van der Waals surface area contributed by atoms with E-state index in [1.807, 2.05) is 25.1 Å². The molecule has 0 saturated heterocycles. The van der Waals surface area contributed by atoms with E-state index in [9.17, 15) is 10.1 Å². The summed E-state index contributed by atoms with van der Waals surface area (Å²) in [5.41, 5.74) is 2.81. The molecule has 0 atom stereocenters. The first kappa shape index (κ1) is 13.2. The topological polar surface area (TPSA) is 73.6 Å². The van der Waals surface area contributed by atoms with Crippen molar-refractivity contribution in [3.05, 3.63) is 57.6 Å². The maximum Gasteiger partial charge on any atom is 0.271 e. The molecule has 2 aromatic rings. The minimum absolute atomic E-state index is 0.0776. The van der Waals surface area contributed by atoms with E-state index in [0.717, 1.165) is 28.3 Å². The van der Waals surface area contributed by atoms with Gasteiger partial charge in [-0.2, -0.15) is 0 Å². The van der Waals surface area contributed by atoms with Crippen LogP contribution in [0.1, 0.15) is 11.1 Å². The highest BCUT2D eigenvalue weighted by Gasteiger charge is 2.13. The Bertz CT molecular complexity index is 700. The Morgan fingerprint density at radius 1 is 1.19 bits per heavy atom. The van der Waals surface area contributed by atoms with E-state index in [1.165, 1.54) is 6.07 Å². The molecule has 0 radical (unpaired) electrons. The second-order valence-corrected chi connectivity index (χ2v) is 4.80. The van der Waals surface area contributed by atoms with Gasteiger partial charge >= 0.3 is 0 Å². The standard InChI is InChI=1S/C15H14N2O4/c1-10-2-4-12(17(18)19)7-13(10)16-8-11-3-5-14-15(6-11)21-9-20-14/h2-7,16H,8-9H2,1H3. The zero-order valence-corrected chi connectivity index (χ0v) is 11.5. The number of non-ortho nitro benzene ring substituents is 1. The molecule has 0 bridgehead atoms. The van der Waals surface area contributed by atoms with Gasteiger partial charge in [-0.05, 0) is 30.2 Å². The molecule has 0 spiro atoms. The van der Waals surface area contributed by atoms with Crippen molar-refractivity contribution in [2.24, 2.45) is 0 Å². The van der Waals surface area contributed by atoms with Crippen molar-refractivity contribution in [1.82, 2.24) is 0 Å². The van der Waals surface area contributed by atoms with Crippen molar-refractivity contribution < 1.29 is 14.4 Å². The lowest BCUT2D eigenvalue weighted by Crippen LogP contribution is -2.02. The van der Waals surface area contributed by atoms with Crippen molar-refractivity contribution in [3.63, 3.8) is 0 Å². The minimum atomic E-state index is -0.398. The molecular formula is C15H14N2O4. The number of hydrogen-bond acceptors (Lipinski definition) is 5. The third-order valence-electron chi connectivity index (χ3n) is 3.35. The molecule has 21 heavy (non-hydrogen) atoms. The summed E-state index contributed by atoms with van der Waals surface area (Å²) in [7, 11) is 0. The van der Waals surface area contributed by atoms with E-state index in [-0.39, 0.29) is 12.5 Å². The lowest BCUT2D eigenvalue weighted by molar-refractivity contribution is -0.384. The number of ether oxygens (including phenoxy) is 2. The largest absolute Gasteiger partial charge is 0.454 e. The van der Waals surface area contributed by atoms with Gasteiger partial charge in [0.05, 0.1) is 4.92 Å². The summed E-state index contributed by atoms with van der Waals surface area (Å²) in [6, 6.07) is 10.5. The number of rotatable bonds is 4. The smallest absolute Gasteiger partial charge is 0.271 e. The van der Waals surface area contributed by atoms with Crippen molar-refractivity contribution in [2.45, 2.75) is 13.5 Å². The maximum atomic E-state index is 10.8. The first-order valence-electron chi connectivity index (χ1n) is 6.51. The van der Waals surface area contributed by atoms with Crippen molar-refractivity contribution >= 4 is 11.4 Å². The van der Waals surface area contributed by atoms with Gasteiger partial charge in [-0.25, -0.2) is 0 Å². The average Bonchev–Trinajstić information content (AvgIpc) is 2.93. The number of fused-ring (bicyclic) bond motifs is 1. The molecular weight excluding hydrogens is 272 g/mol. The number of benzene rings is 2. The molecule has 0 amide bonds. The van der Waals surface area contributed by atoms with Crippen LogP contribution in [0.2, 0.25) is 0 Å². The molecule has 3 rings (SSSR count). The van der Waals surface area contributed by atoms with Gasteiger partial charge in [-0.15, -0.1) is 0 Å². The Labute approximate surface area is 121 Å². The molecule has 2 aromatic carbocycles. The lowest BCUT2D eigenvalue weighted by atomic mass is 10.1. The second kappa shape index (κ2) is 5.32. The van der Waals surface area contributed by atoms with Gasteiger partial charge in [0.15, 0.2) is 11.5 Å². The van der Waals surface area contributed by atoms with E-state index in [4.69, 9.17) is 9.47 Å². The van der Waals surface area contributed by atoms with Gasteiger partial charge in [-0.1, -0.05) is 12.1 Å². The van der Waals surface area contributed by atoms with E-state index in [0.29, 0.717) is 6.54 Å². The normalized spacial score (nSPS) is 12.2. The Morgan fingerprint density at radius 3 is 2.81 bits per heavy atom. The Balaban J connectivity index is 1.75. The third-order valence-corrected chi connectivity index (χ3v) is 3.35. The molecule has 0 aliphatic carbocycles. The lowest BCUT2D eigenvalue weighted by Gasteiger charge is -2.10. The fraction of sp³-hybridized carbons (Fsp3) is 0.200. The molecule has 1 aliphatic rings. The maximum absolute atomic E-state index is 10.8. The number of aryl methyl sites for hydroxylation is 1. The van der Waals surface area contributed by atoms with Gasteiger partial charge in [0.25, 0.3) is 5.69 Å². The van der Waals surface area contributed by atoms with Gasteiger partial charge < -0.3 is 14.8 Å². The molecule has 1 aliphatic heterocycles. The predicted molar refractivity (Wildman–Crippen MR) is 77.7 cm³/mol. The number of nitro groups is 1. The summed E-state index contributed by atoms with van der Waals surface area (Å²) < 4.78 is 10.6.